The number of rotatable bonds is 4. The minimum atomic E-state index is 0.156. The first-order chi connectivity index (χ1) is 10.8. The first-order valence-corrected chi connectivity index (χ1v) is 7.77. The second kappa shape index (κ2) is 6.78. The summed E-state index contributed by atoms with van der Waals surface area (Å²) in [7, 11) is 0. The summed E-state index contributed by atoms with van der Waals surface area (Å²) >= 11 is 0. The van der Waals surface area contributed by atoms with Gasteiger partial charge in [-0.3, -0.25) is 0 Å². The molecule has 0 radical (unpaired) electrons. The minimum Gasteiger partial charge on any atom is -0.411 e. The van der Waals surface area contributed by atoms with Crippen molar-refractivity contribution in [3.63, 3.8) is 0 Å². The Kier molecular flexibility index (Phi) is 4.99. The van der Waals surface area contributed by atoms with Crippen molar-refractivity contribution in [1.29, 1.82) is 5.41 Å². The van der Waals surface area contributed by atoms with Gasteiger partial charge in [0.15, 0.2) is 0 Å². The first kappa shape index (κ1) is 16.9. The maximum atomic E-state index is 8.69. The molecular weight excluding hydrogens is 284 g/mol. The van der Waals surface area contributed by atoms with E-state index in [0.717, 1.165) is 11.1 Å². The monoisotopic (exact) mass is 308 g/mol. The predicted octanol–water partition coefficient (Wildman–Crippen LogP) is 5.26. The van der Waals surface area contributed by atoms with Crippen molar-refractivity contribution in [2.45, 2.75) is 39.5 Å². The Hall–Kier alpha value is -2.42. The van der Waals surface area contributed by atoms with E-state index >= 15 is 0 Å². The molecule has 2 aromatic carbocycles. The lowest BCUT2D eigenvalue weighted by molar-refractivity contribution is 0.318. The number of oxime groups is 1. The van der Waals surface area contributed by atoms with Crippen LogP contribution in [0.5, 0.6) is 0 Å². The third-order valence-corrected chi connectivity index (χ3v) is 3.92. The van der Waals surface area contributed by atoms with Gasteiger partial charge in [-0.2, -0.15) is 0 Å². The standard InChI is InChI=1S/C20H24N2O/c1-14(22-23)13-19(21)17-7-5-15(6-8-17)16-9-11-18(12-10-16)20(2,3)4/h5-12,21,23H,13H2,1-4H3/b21-19?,22-14+. The maximum Gasteiger partial charge on any atom is 0.0599 e. The first-order valence-electron chi connectivity index (χ1n) is 7.77. The van der Waals surface area contributed by atoms with Crippen molar-refractivity contribution < 1.29 is 5.21 Å². The average molecular weight is 308 g/mol. The van der Waals surface area contributed by atoms with E-state index in [4.69, 9.17) is 10.6 Å². The number of hydrogen-bond donors (Lipinski definition) is 2. The normalized spacial score (nSPS) is 12.3. The third-order valence-electron chi connectivity index (χ3n) is 3.92. The molecule has 0 aliphatic heterocycles. The molecule has 0 spiro atoms. The molecule has 0 fully saturated rings. The second-order valence-corrected chi connectivity index (χ2v) is 6.90. The molecule has 0 saturated carbocycles. The van der Waals surface area contributed by atoms with Crippen molar-refractivity contribution in [2.24, 2.45) is 5.16 Å². The average Bonchev–Trinajstić information content (AvgIpc) is 2.54. The SMILES string of the molecule is C/C(CC(=N)c1ccc(-c2ccc(C(C)(C)C)cc2)cc1)=N\O. The molecule has 0 bridgehead atoms. The number of hydrogen-bond acceptors (Lipinski definition) is 3. The van der Waals surface area contributed by atoms with Crippen LogP contribution in [0, 0.1) is 5.41 Å². The van der Waals surface area contributed by atoms with Gasteiger partial charge in [-0.25, -0.2) is 0 Å². The highest BCUT2D eigenvalue weighted by Crippen LogP contribution is 2.26. The summed E-state index contributed by atoms with van der Waals surface area (Å²) in [5.41, 5.74) is 5.62. The van der Waals surface area contributed by atoms with Crippen molar-refractivity contribution in [3.8, 4) is 11.1 Å². The molecule has 3 nitrogen and oxygen atoms in total. The van der Waals surface area contributed by atoms with Crippen LogP contribution in [0.2, 0.25) is 0 Å². The molecule has 0 atom stereocenters. The highest BCUT2D eigenvalue weighted by Gasteiger charge is 2.13. The largest absolute Gasteiger partial charge is 0.411 e. The van der Waals surface area contributed by atoms with Crippen LogP contribution in [0.3, 0.4) is 0 Å². The van der Waals surface area contributed by atoms with Gasteiger partial charge in [0, 0.05) is 12.1 Å². The fourth-order valence-corrected chi connectivity index (χ4v) is 2.42. The summed E-state index contributed by atoms with van der Waals surface area (Å²) in [6.45, 7) is 8.33. The fourth-order valence-electron chi connectivity index (χ4n) is 2.42. The second-order valence-electron chi connectivity index (χ2n) is 6.90. The summed E-state index contributed by atoms with van der Waals surface area (Å²) in [6, 6.07) is 16.6. The van der Waals surface area contributed by atoms with Gasteiger partial charge in [0.1, 0.15) is 0 Å². The van der Waals surface area contributed by atoms with E-state index in [9.17, 15) is 0 Å². The Bertz CT molecular complexity index is 705. The van der Waals surface area contributed by atoms with Gasteiger partial charge in [0.05, 0.1) is 5.71 Å². The van der Waals surface area contributed by atoms with Gasteiger partial charge in [0.2, 0.25) is 0 Å². The third kappa shape index (κ3) is 4.28. The van der Waals surface area contributed by atoms with Crippen molar-refractivity contribution in [2.75, 3.05) is 0 Å². The summed E-state index contributed by atoms with van der Waals surface area (Å²) in [5.74, 6) is 0. The molecule has 0 aromatic heterocycles. The van der Waals surface area contributed by atoms with Crippen LogP contribution in [0.15, 0.2) is 53.7 Å². The molecule has 2 N–H and O–H groups in total. The predicted molar refractivity (Wildman–Crippen MR) is 96.9 cm³/mol. The van der Waals surface area contributed by atoms with Gasteiger partial charge in [-0.1, -0.05) is 74.5 Å². The van der Waals surface area contributed by atoms with Crippen LogP contribution in [0.25, 0.3) is 11.1 Å². The number of benzene rings is 2. The molecule has 0 aliphatic carbocycles. The van der Waals surface area contributed by atoms with Crippen molar-refractivity contribution in [1.82, 2.24) is 0 Å². The Labute approximate surface area is 138 Å². The number of nitrogens with one attached hydrogen (secondary N) is 1. The zero-order chi connectivity index (χ0) is 17.0. The van der Waals surface area contributed by atoms with Gasteiger partial charge < -0.3 is 10.6 Å². The van der Waals surface area contributed by atoms with Crippen molar-refractivity contribution in [3.05, 3.63) is 59.7 Å². The Balaban J connectivity index is 2.18. The molecule has 0 aliphatic rings. The van der Waals surface area contributed by atoms with E-state index < -0.39 is 0 Å². The molecule has 0 unspecified atom stereocenters. The zero-order valence-corrected chi connectivity index (χ0v) is 14.2. The van der Waals surface area contributed by atoms with Gasteiger partial charge >= 0.3 is 0 Å². The lowest BCUT2D eigenvalue weighted by atomic mass is 9.86. The highest BCUT2D eigenvalue weighted by molar-refractivity contribution is 6.10. The van der Waals surface area contributed by atoms with Crippen LogP contribution >= 0.6 is 0 Å². The van der Waals surface area contributed by atoms with E-state index in [1.807, 2.05) is 24.3 Å². The summed E-state index contributed by atoms with van der Waals surface area (Å²) in [5, 5.41) is 19.9. The molecule has 0 saturated heterocycles. The molecule has 0 amide bonds. The smallest absolute Gasteiger partial charge is 0.0599 e. The zero-order valence-electron chi connectivity index (χ0n) is 14.2. The molecule has 3 heteroatoms. The molecule has 2 rings (SSSR count). The van der Waals surface area contributed by atoms with Gasteiger partial charge in [-0.05, 0) is 34.6 Å². The lowest BCUT2D eigenvalue weighted by Gasteiger charge is -2.19. The van der Waals surface area contributed by atoms with Crippen LogP contribution in [0.4, 0.5) is 0 Å². The van der Waals surface area contributed by atoms with E-state index in [1.54, 1.807) is 6.92 Å². The molecular formula is C20H24N2O. The van der Waals surface area contributed by atoms with Crippen LogP contribution in [-0.2, 0) is 5.41 Å². The molecule has 120 valence electrons. The summed E-state index contributed by atoms with van der Waals surface area (Å²) in [6.07, 6.45) is 0.357. The minimum absolute atomic E-state index is 0.156. The molecule has 2 aromatic rings. The Morgan fingerprint density at radius 2 is 1.43 bits per heavy atom. The summed E-state index contributed by atoms with van der Waals surface area (Å²) < 4.78 is 0. The van der Waals surface area contributed by atoms with Crippen LogP contribution < -0.4 is 0 Å². The van der Waals surface area contributed by atoms with Crippen molar-refractivity contribution >= 4 is 11.4 Å². The Morgan fingerprint density at radius 1 is 0.957 bits per heavy atom. The Morgan fingerprint density at radius 3 is 1.87 bits per heavy atom. The molecule has 0 heterocycles. The number of nitrogens with zero attached hydrogens (tertiary/aromatic N) is 1. The van der Waals surface area contributed by atoms with E-state index in [0.29, 0.717) is 17.8 Å². The fraction of sp³-hybridized carbons (Fsp3) is 0.300. The van der Waals surface area contributed by atoms with Gasteiger partial charge in [0.25, 0.3) is 0 Å². The lowest BCUT2D eigenvalue weighted by Crippen LogP contribution is -2.10. The van der Waals surface area contributed by atoms with Crippen LogP contribution in [-0.4, -0.2) is 16.6 Å². The van der Waals surface area contributed by atoms with E-state index in [-0.39, 0.29) is 5.41 Å². The maximum absolute atomic E-state index is 8.69. The highest BCUT2D eigenvalue weighted by atomic mass is 16.4. The quantitative estimate of drug-likeness (QED) is 0.452. The van der Waals surface area contributed by atoms with Crippen LogP contribution in [0.1, 0.15) is 45.2 Å². The van der Waals surface area contributed by atoms with E-state index in [2.05, 4.69) is 50.2 Å². The van der Waals surface area contributed by atoms with E-state index in [1.165, 1.54) is 11.1 Å². The topological polar surface area (TPSA) is 56.4 Å². The molecule has 23 heavy (non-hydrogen) atoms. The van der Waals surface area contributed by atoms with Gasteiger partial charge in [-0.15, -0.1) is 0 Å². The summed E-state index contributed by atoms with van der Waals surface area (Å²) in [4.78, 5) is 0.